The van der Waals surface area contributed by atoms with E-state index in [0.717, 1.165) is 18.4 Å². The minimum Gasteiger partial charge on any atom is -0.508 e. The molecule has 0 saturated heterocycles. The highest BCUT2D eigenvalue weighted by Gasteiger charge is 2.43. The predicted octanol–water partition coefficient (Wildman–Crippen LogP) is 0.955. The van der Waals surface area contributed by atoms with Gasteiger partial charge in [0, 0.05) is 5.56 Å². The van der Waals surface area contributed by atoms with E-state index in [1.54, 1.807) is 19.1 Å². The molecule has 1 aliphatic carbocycles. The number of rotatable bonds is 3. The second-order valence-corrected chi connectivity index (χ2v) is 4.39. The van der Waals surface area contributed by atoms with Crippen molar-refractivity contribution in [3.05, 3.63) is 29.3 Å². The van der Waals surface area contributed by atoms with Crippen LogP contribution in [0.3, 0.4) is 0 Å². The van der Waals surface area contributed by atoms with Crippen molar-refractivity contribution in [1.29, 1.82) is 0 Å². The lowest BCUT2D eigenvalue weighted by molar-refractivity contribution is 0.0906. The van der Waals surface area contributed by atoms with Gasteiger partial charge >= 0.3 is 0 Å². The molecule has 16 heavy (non-hydrogen) atoms. The number of aliphatic hydroxyl groups excluding tert-OH is 1. The Labute approximate surface area is 93.9 Å². The van der Waals surface area contributed by atoms with E-state index in [-0.39, 0.29) is 18.3 Å². The molecule has 1 aromatic carbocycles. The average Bonchev–Trinajstić information content (AvgIpc) is 3.02. The minimum absolute atomic E-state index is 0.0312. The van der Waals surface area contributed by atoms with Crippen LogP contribution < -0.4 is 5.32 Å². The summed E-state index contributed by atoms with van der Waals surface area (Å²) >= 11 is 0. The number of nitrogens with one attached hydrogen (secondary N) is 1. The average molecular weight is 221 g/mol. The summed E-state index contributed by atoms with van der Waals surface area (Å²) in [4.78, 5) is 11.8. The summed E-state index contributed by atoms with van der Waals surface area (Å²) in [7, 11) is 0. The third kappa shape index (κ3) is 2.02. The smallest absolute Gasteiger partial charge is 0.251 e. The van der Waals surface area contributed by atoms with E-state index in [1.807, 2.05) is 0 Å². The van der Waals surface area contributed by atoms with E-state index in [9.17, 15) is 9.90 Å². The Kier molecular flexibility index (Phi) is 2.59. The highest BCUT2D eigenvalue weighted by molar-refractivity contribution is 5.95. The van der Waals surface area contributed by atoms with Gasteiger partial charge in [0.05, 0.1) is 12.1 Å². The highest BCUT2D eigenvalue weighted by atomic mass is 16.3. The van der Waals surface area contributed by atoms with Crippen molar-refractivity contribution in [2.45, 2.75) is 25.3 Å². The number of aryl methyl sites for hydroxylation is 1. The molecular formula is C12H15NO3. The topological polar surface area (TPSA) is 69.6 Å². The van der Waals surface area contributed by atoms with Crippen molar-refractivity contribution in [3.63, 3.8) is 0 Å². The van der Waals surface area contributed by atoms with Gasteiger partial charge in [0.15, 0.2) is 0 Å². The second kappa shape index (κ2) is 3.79. The zero-order valence-corrected chi connectivity index (χ0v) is 9.16. The van der Waals surface area contributed by atoms with Crippen molar-refractivity contribution >= 4 is 5.91 Å². The molecular weight excluding hydrogens is 206 g/mol. The Hall–Kier alpha value is -1.55. The lowest BCUT2D eigenvalue weighted by Gasteiger charge is -2.14. The third-order valence-corrected chi connectivity index (χ3v) is 3.01. The first-order valence-electron chi connectivity index (χ1n) is 5.29. The summed E-state index contributed by atoms with van der Waals surface area (Å²) in [6.07, 6.45) is 1.63. The van der Waals surface area contributed by atoms with Crippen LogP contribution in [0.2, 0.25) is 0 Å². The van der Waals surface area contributed by atoms with E-state index in [0.29, 0.717) is 5.56 Å². The van der Waals surface area contributed by atoms with E-state index in [4.69, 9.17) is 5.11 Å². The van der Waals surface area contributed by atoms with Crippen molar-refractivity contribution in [3.8, 4) is 5.75 Å². The zero-order valence-electron chi connectivity index (χ0n) is 9.16. The molecule has 0 unspecified atom stereocenters. The second-order valence-electron chi connectivity index (χ2n) is 4.39. The minimum atomic E-state index is -0.419. The number of aliphatic hydroxyl groups is 1. The molecule has 1 aromatic rings. The van der Waals surface area contributed by atoms with Gasteiger partial charge in [-0.05, 0) is 37.5 Å². The molecule has 3 N–H and O–H groups in total. The molecule has 0 spiro atoms. The summed E-state index contributed by atoms with van der Waals surface area (Å²) in [6.45, 7) is 1.74. The van der Waals surface area contributed by atoms with Crippen LogP contribution in [0.25, 0.3) is 0 Å². The number of hydrogen-bond donors (Lipinski definition) is 3. The molecule has 0 atom stereocenters. The largest absolute Gasteiger partial charge is 0.508 e. The molecule has 1 fully saturated rings. The number of aromatic hydroxyl groups is 1. The standard InChI is InChI=1S/C12H15NO3/c1-8-2-3-9(6-10(8)15)11(16)13-12(7-14)4-5-12/h2-3,6,14-15H,4-5,7H2,1H3,(H,13,16). The number of phenols is 1. The van der Waals surface area contributed by atoms with Gasteiger partial charge in [-0.2, -0.15) is 0 Å². The van der Waals surface area contributed by atoms with Crippen LogP contribution in [-0.4, -0.2) is 28.3 Å². The van der Waals surface area contributed by atoms with Crippen LogP contribution in [0, 0.1) is 6.92 Å². The maximum atomic E-state index is 11.8. The number of carbonyl (C=O) groups excluding carboxylic acids is 1. The first-order chi connectivity index (χ1) is 7.56. The molecule has 1 saturated carbocycles. The molecule has 2 rings (SSSR count). The van der Waals surface area contributed by atoms with Crippen molar-refractivity contribution in [2.24, 2.45) is 0 Å². The first-order valence-corrected chi connectivity index (χ1v) is 5.29. The van der Waals surface area contributed by atoms with E-state index in [1.165, 1.54) is 6.07 Å². The van der Waals surface area contributed by atoms with E-state index < -0.39 is 5.54 Å². The molecule has 0 radical (unpaired) electrons. The molecule has 0 aromatic heterocycles. The Morgan fingerprint density at radius 3 is 2.69 bits per heavy atom. The molecule has 0 heterocycles. The number of amides is 1. The molecule has 1 aliphatic rings. The van der Waals surface area contributed by atoms with E-state index in [2.05, 4.69) is 5.32 Å². The van der Waals surface area contributed by atoms with Crippen molar-refractivity contribution in [1.82, 2.24) is 5.32 Å². The van der Waals surface area contributed by atoms with Crippen LogP contribution in [0.15, 0.2) is 18.2 Å². The molecule has 1 amide bonds. The van der Waals surface area contributed by atoms with Crippen molar-refractivity contribution < 1.29 is 15.0 Å². The number of carbonyl (C=O) groups is 1. The molecule has 0 bridgehead atoms. The fourth-order valence-electron chi connectivity index (χ4n) is 1.54. The highest BCUT2D eigenvalue weighted by Crippen LogP contribution is 2.34. The summed E-state index contributed by atoms with van der Waals surface area (Å²) in [5.41, 5.74) is 0.736. The number of hydrogen-bond acceptors (Lipinski definition) is 3. The monoisotopic (exact) mass is 221 g/mol. The quantitative estimate of drug-likeness (QED) is 0.712. The zero-order chi connectivity index (χ0) is 11.8. The first kappa shape index (κ1) is 11.0. The Bertz CT molecular complexity index is 424. The van der Waals surface area contributed by atoms with Crippen LogP contribution in [0.4, 0.5) is 0 Å². The molecule has 4 heteroatoms. The summed E-state index contributed by atoms with van der Waals surface area (Å²) in [5, 5.41) is 21.4. The summed E-state index contributed by atoms with van der Waals surface area (Å²) in [6, 6.07) is 4.80. The fourth-order valence-corrected chi connectivity index (χ4v) is 1.54. The molecule has 4 nitrogen and oxygen atoms in total. The van der Waals surface area contributed by atoms with Crippen molar-refractivity contribution in [2.75, 3.05) is 6.61 Å². The van der Waals surface area contributed by atoms with Gasteiger partial charge in [0.25, 0.3) is 5.91 Å². The lowest BCUT2D eigenvalue weighted by atomic mass is 10.1. The molecule has 0 aliphatic heterocycles. The van der Waals surface area contributed by atoms with E-state index >= 15 is 0 Å². The maximum absolute atomic E-state index is 11.8. The SMILES string of the molecule is Cc1ccc(C(=O)NC2(CO)CC2)cc1O. The van der Waals surface area contributed by atoms with Crippen LogP contribution in [0.1, 0.15) is 28.8 Å². The van der Waals surface area contributed by atoms with Gasteiger partial charge < -0.3 is 15.5 Å². The maximum Gasteiger partial charge on any atom is 0.251 e. The number of phenolic OH excluding ortho intramolecular Hbond substituents is 1. The summed E-state index contributed by atoms with van der Waals surface area (Å²) in [5.74, 6) is -0.136. The fraction of sp³-hybridized carbons (Fsp3) is 0.417. The van der Waals surface area contributed by atoms with Crippen LogP contribution in [-0.2, 0) is 0 Å². The Balaban J connectivity index is 2.12. The predicted molar refractivity (Wildman–Crippen MR) is 59.4 cm³/mol. The van der Waals surface area contributed by atoms with Gasteiger partial charge in [0.1, 0.15) is 5.75 Å². The van der Waals surface area contributed by atoms with Crippen LogP contribution >= 0.6 is 0 Å². The molecule has 86 valence electrons. The number of benzene rings is 1. The lowest BCUT2D eigenvalue weighted by Crippen LogP contribution is -2.39. The summed E-state index contributed by atoms with van der Waals surface area (Å²) < 4.78 is 0. The Morgan fingerprint density at radius 2 is 2.19 bits per heavy atom. The van der Waals surface area contributed by atoms with Gasteiger partial charge in [-0.15, -0.1) is 0 Å². The normalized spacial score (nSPS) is 16.9. The van der Waals surface area contributed by atoms with Gasteiger partial charge in [-0.3, -0.25) is 4.79 Å². The van der Waals surface area contributed by atoms with Crippen LogP contribution in [0.5, 0.6) is 5.75 Å². The van der Waals surface area contributed by atoms with Gasteiger partial charge in [0.2, 0.25) is 0 Å². The van der Waals surface area contributed by atoms with Gasteiger partial charge in [-0.25, -0.2) is 0 Å². The Morgan fingerprint density at radius 1 is 1.50 bits per heavy atom. The van der Waals surface area contributed by atoms with Gasteiger partial charge in [-0.1, -0.05) is 6.07 Å². The third-order valence-electron chi connectivity index (χ3n) is 3.01.